The average molecular weight is 301 g/mol. The van der Waals surface area contributed by atoms with Crippen LogP contribution in [-0.4, -0.2) is 19.1 Å². The molecule has 120 valence electrons. The summed E-state index contributed by atoms with van der Waals surface area (Å²) in [5.41, 5.74) is 7.75. The fourth-order valence-electron chi connectivity index (χ4n) is 3.66. The van der Waals surface area contributed by atoms with E-state index in [1.165, 1.54) is 37.7 Å². The van der Waals surface area contributed by atoms with Crippen LogP contribution in [0.1, 0.15) is 57.1 Å². The van der Waals surface area contributed by atoms with Gasteiger partial charge in [-0.3, -0.25) is 4.99 Å². The highest BCUT2D eigenvalue weighted by molar-refractivity contribution is 5.78. The predicted molar refractivity (Wildman–Crippen MR) is 90.1 cm³/mol. The van der Waals surface area contributed by atoms with Crippen molar-refractivity contribution in [3.8, 4) is 5.75 Å². The van der Waals surface area contributed by atoms with Crippen molar-refractivity contribution in [1.82, 2.24) is 5.32 Å². The Morgan fingerprint density at radius 3 is 2.95 bits per heavy atom. The van der Waals surface area contributed by atoms with Crippen molar-refractivity contribution < 1.29 is 4.74 Å². The maximum Gasteiger partial charge on any atom is 0.189 e. The van der Waals surface area contributed by atoms with Crippen molar-refractivity contribution in [3.05, 3.63) is 29.8 Å². The first kappa shape index (κ1) is 15.2. The third-order valence-electron chi connectivity index (χ3n) is 5.06. The lowest BCUT2D eigenvalue weighted by Crippen LogP contribution is -2.39. The molecule has 0 amide bonds. The van der Waals surface area contributed by atoms with Crippen LogP contribution < -0.4 is 15.8 Å². The quantitative estimate of drug-likeness (QED) is 0.647. The number of nitrogens with two attached hydrogens (primary N) is 1. The molecule has 4 heteroatoms. The second kappa shape index (κ2) is 6.59. The van der Waals surface area contributed by atoms with Gasteiger partial charge in [-0.15, -0.1) is 0 Å². The zero-order valence-electron chi connectivity index (χ0n) is 13.5. The van der Waals surface area contributed by atoms with Crippen LogP contribution in [0.15, 0.2) is 29.3 Å². The second-order valence-corrected chi connectivity index (χ2v) is 6.68. The molecule has 0 radical (unpaired) electrons. The molecule has 2 aliphatic rings. The Hall–Kier alpha value is -1.71. The highest BCUT2D eigenvalue weighted by Crippen LogP contribution is 2.45. The third kappa shape index (κ3) is 3.21. The van der Waals surface area contributed by atoms with E-state index in [-0.39, 0.29) is 6.04 Å². The monoisotopic (exact) mass is 301 g/mol. The van der Waals surface area contributed by atoms with E-state index in [0.29, 0.717) is 11.4 Å². The molecule has 1 fully saturated rings. The lowest BCUT2D eigenvalue weighted by Gasteiger charge is -2.40. The number of nitrogens with one attached hydrogen (secondary N) is 1. The molecule has 4 nitrogen and oxygen atoms in total. The van der Waals surface area contributed by atoms with Gasteiger partial charge >= 0.3 is 0 Å². The minimum Gasteiger partial charge on any atom is -0.493 e. The zero-order valence-corrected chi connectivity index (χ0v) is 13.5. The summed E-state index contributed by atoms with van der Waals surface area (Å²) in [4.78, 5) is 4.65. The van der Waals surface area contributed by atoms with E-state index >= 15 is 0 Å². The molecule has 1 heterocycles. The minimum atomic E-state index is 0.206. The largest absolute Gasteiger partial charge is 0.493 e. The third-order valence-corrected chi connectivity index (χ3v) is 5.06. The molecule has 1 unspecified atom stereocenters. The smallest absolute Gasteiger partial charge is 0.189 e. The summed E-state index contributed by atoms with van der Waals surface area (Å²) in [7, 11) is 0. The van der Waals surface area contributed by atoms with Gasteiger partial charge in [0.1, 0.15) is 5.75 Å². The summed E-state index contributed by atoms with van der Waals surface area (Å²) in [6, 6.07) is 8.37. The van der Waals surface area contributed by atoms with Gasteiger partial charge in [0.25, 0.3) is 0 Å². The lowest BCUT2D eigenvalue weighted by atomic mass is 9.66. The number of nitrogens with zero attached hydrogens (tertiary/aromatic N) is 1. The molecular weight excluding hydrogens is 274 g/mol. The van der Waals surface area contributed by atoms with E-state index in [9.17, 15) is 0 Å². The molecule has 0 bridgehead atoms. The highest BCUT2D eigenvalue weighted by atomic mass is 16.5. The Labute approximate surface area is 133 Å². The van der Waals surface area contributed by atoms with Gasteiger partial charge in [-0.1, -0.05) is 38.0 Å². The molecule has 1 aromatic carbocycles. The number of fused-ring (bicyclic) bond motifs is 1. The van der Waals surface area contributed by atoms with E-state index < -0.39 is 0 Å². The van der Waals surface area contributed by atoms with Crippen molar-refractivity contribution >= 4 is 5.96 Å². The van der Waals surface area contributed by atoms with Gasteiger partial charge in [0.15, 0.2) is 5.96 Å². The fourth-order valence-corrected chi connectivity index (χ4v) is 3.66. The van der Waals surface area contributed by atoms with Gasteiger partial charge in [0.2, 0.25) is 0 Å². The van der Waals surface area contributed by atoms with Crippen molar-refractivity contribution in [1.29, 1.82) is 0 Å². The summed E-state index contributed by atoms with van der Waals surface area (Å²) < 4.78 is 5.69. The van der Waals surface area contributed by atoms with Crippen LogP contribution in [0.25, 0.3) is 0 Å². The van der Waals surface area contributed by atoms with Gasteiger partial charge in [-0.05, 0) is 30.7 Å². The predicted octanol–water partition coefficient (Wildman–Crippen LogP) is 3.38. The topological polar surface area (TPSA) is 59.6 Å². The first-order valence-electron chi connectivity index (χ1n) is 8.51. The van der Waals surface area contributed by atoms with Gasteiger partial charge in [-0.25, -0.2) is 0 Å². The maximum absolute atomic E-state index is 6.14. The van der Waals surface area contributed by atoms with Gasteiger partial charge < -0.3 is 15.8 Å². The van der Waals surface area contributed by atoms with Crippen molar-refractivity contribution in [2.45, 2.75) is 51.5 Å². The summed E-state index contributed by atoms with van der Waals surface area (Å²) in [5, 5.41) is 3.39. The van der Waals surface area contributed by atoms with E-state index in [1.54, 1.807) is 0 Å². The van der Waals surface area contributed by atoms with Crippen molar-refractivity contribution in [3.63, 3.8) is 0 Å². The number of rotatable bonds is 5. The Balaban J connectivity index is 1.62. The number of para-hydroxylation sites is 1. The van der Waals surface area contributed by atoms with E-state index in [4.69, 9.17) is 10.5 Å². The molecule has 1 saturated carbocycles. The summed E-state index contributed by atoms with van der Waals surface area (Å²) in [6.45, 7) is 3.84. The molecule has 0 saturated heterocycles. The standard InChI is InChI=1S/C18H27N3O/c1-2-9-18(10-5-11-18)13-20-17(19)21-15-8-12-22-16-7-4-3-6-14(15)16/h3-4,6-7,15H,2,5,8-13H2,1H3,(H3,19,20,21). The molecular formula is C18H27N3O. The summed E-state index contributed by atoms with van der Waals surface area (Å²) in [5.74, 6) is 1.53. The van der Waals surface area contributed by atoms with Crippen LogP contribution in [0, 0.1) is 5.41 Å². The van der Waals surface area contributed by atoms with E-state index in [1.807, 2.05) is 18.2 Å². The summed E-state index contributed by atoms with van der Waals surface area (Å²) >= 11 is 0. The molecule has 0 aromatic heterocycles. The van der Waals surface area contributed by atoms with Gasteiger partial charge in [0.05, 0.1) is 12.6 Å². The second-order valence-electron chi connectivity index (χ2n) is 6.68. The number of benzene rings is 1. The van der Waals surface area contributed by atoms with Gasteiger partial charge in [0, 0.05) is 18.5 Å². The molecule has 0 spiro atoms. The van der Waals surface area contributed by atoms with E-state index in [2.05, 4.69) is 23.3 Å². The first-order chi connectivity index (χ1) is 10.7. The Morgan fingerprint density at radius 1 is 1.41 bits per heavy atom. The van der Waals surface area contributed by atoms with Crippen molar-refractivity contribution in [2.24, 2.45) is 16.1 Å². The molecule has 1 atom stereocenters. The SMILES string of the molecule is CCCC1(CN=C(N)NC2CCOc3ccccc32)CCC1. The van der Waals surface area contributed by atoms with Crippen LogP contribution in [-0.2, 0) is 0 Å². The first-order valence-corrected chi connectivity index (χ1v) is 8.51. The molecule has 1 aliphatic carbocycles. The fraction of sp³-hybridized carbons (Fsp3) is 0.611. The minimum absolute atomic E-state index is 0.206. The Kier molecular flexibility index (Phi) is 4.55. The number of ether oxygens (including phenoxy) is 1. The van der Waals surface area contributed by atoms with Gasteiger partial charge in [-0.2, -0.15) is 0 Å². The molecule has 3 rings (SSSR count). The summed E-state index contributed by atoms with van der Waals surface area (Å²) in [6.07, 6.45) is 7.37. The van der Waals surface area contributed by atoms with Crippen LogP contribution in [0.5, 0.6) is 5.75 Å². The maximum atomic E-state index is 6.14. The van der Waals surface area contributed by atoms with Crippen LogP contribution >= 0.6 is 0 Å². The normalized spacial score (nSPS) is 23.1. The zero-order chi connectivity index (χ0) is 15.4. The Morgan fingerprint density at radius 2 is 2.23 bits per heavy atom. The number of hydrogen-bond acceptors (Lipinski definition) is 2. The molecule has 1 aromatic rings. The van der Waals surface area contributed by atoms with Crippen molar-refractivity contribution in [2.75, 3.05) is 13.2 Å². The van der Waals surface area contributed by atoms with Crippen LogP contribution in [0.4, 0.5) is 0 Å². The van der Waals surface area contributed by atoms with E-state index in [0.717, 1.165) is 25.3 Å². The highest BCUT2D eigenvalue weighted by Gasteiger charge is 2.35. The molecule has 3 N–H and O–H groups in total. The number of guanidine groups is 1. The molecule has 1 aliphatic heterocycles. The Bertz CT molecular complexity index is 537. The van der Waals surface area contributed by atoms with Crippen LogP contribution in [0.3, 0.4) is 0 Å². The molecule has 22 heavy (non-hydrogen) atoms. The van der Waals surface area contributed by atoms with Crippen LogP contribution in [0.2, 0.25) is 0 Å². The average Bonchev–Trinajstić information content (AvgIpc) is 2.50. The lowest BCUT2D eigenvalue weighted by molar-refractivity contribution is 0.130. The number of aliphatic imine (C=N–C) groups is 1. The number of hydrogen-bond donors (Lipinski definition) is 2.